The molecule has 0 aromatic heterocycles. The molecule has 1 fully saturated rings. The summed E-state index contributed by atoms with van der Waals surface area (Å²) < 4.78 is 5.58. The molecule has 7 heteroatoms. The molecule has 1 saturated heterocycles. The molecule has 35 heavy (non-hydrogen) atoms. The highest BCUT2D eigenvalue weighted by atomic mass is 16.5. The molecule has 2 aromatic carbocycles. The third-order valence-electron chi connectivity index (χ3n) is 7.10. The molecule has 0 radical (unpaired) electrons. The van der Waals surface area contributed by atoms with Crippen LogP contribution in [0, 0.1) is 11.8 Å². The average molecular weight is 479 g/mol. The van der Waals surface area contributed by atoms with Crippen LogP contribution in [0.3, 0.4) is 0 Å². The van der Waals surface area contributed by atoms with Crippen molar-refractivity contribution in [2.45, 2.75) is 44.9 Å². The lowest BCUT2D eigenvalue weighted by Crippen LogP contribution is -2.50. The predicted octanol–water partition coefficient (Wildman–Crippen LogP) is 4.65. The molecular formula is C28H34N2O5. The van der Waals surface area contributed by atoms with Gasteiger partial charge in [-0.1, -0.05) is 55.5 Å². The molecule has 1 heterocycles. The Morgan fingerprint density at radius 1 is 1.03 bits per heavy atom. The summed E-state index contributed by atoms with van der Waals surface area (Å²) in [4.78, 5) is 37.2. The van der Waals surface area contributed by atoms with E-state index < -0.39 is 12.1 Å². The van der Waals surface area contributed by atoms with Crippen molar-refractivity contribution in [1.29, 1.82) is 0 Å². The Bertz CT molecular complexity index is 1020. The van der Waals surface area contributed by atoms with Crippen LogP contribution in [0.15, 0.2) is 48.5 Å². The van der Waals surface area contributed by atoms with Crippen LogP contribution in [0.1, 0.15) is 56.1 Å². The number of amides is 2. The summed E-state index contributed by atoms with van der Waals surface area (Å²) in [5.41, 5.74) is 4.76. The fourth-order valence-electron chi connectivity index (χ4n) is 5.04. The van der Waals surface area contributed by atoms with Gasteiger partial charge < -0.3 is 20.1 Å². The van der Waals surface area contributed by atoms with E-state index in [-0.39, 0.29) is 30.8 Å². The molecule has 0 saturated carbocycles. The van der Waals surface area contributed by atoms with Crippen LogP contribution in [0.2, 0.25) is 0 Å². The number of aliphatic carboxylic acids is 1. The first kappa shape index (κ1) is 24.8. The highest BCUT2D eigenvalue weighted by Gasteiger charge is 2.30. The highest BCUT2D eigenvalue weighted by molar-refractivity contribution is 5.79. The SMILES string of the molecule is CC(CCC(=O)N1CC(CCCC(=O)O)C1)CNC(=O)OCC1c2ccccc2-c2ccccc21. The number of hydrogen-bond acceptors (Lipinski definition) is 4. The van der Waals surface area contributed by atoms with Crippen molar-refractivity contribution in [3.63, 3.8) is 0 Å². The minimum absolute atomic E-state index is 0.0349. The third-order valence-corrected chi connectivity index (χ3v) is 7.10. The van der Waals surface area contributed by atoms with E-state index >= 15 is 0 Å². The summed E-state index contributed by atoms with van der Waals surface area (Å²) in [6, 6.07) is 16.5. The van der Waals surface area contributed by atoms with Crippen molar-refractivity contribution in [3.05, 3.63) is 59.7 Å². The van der Waals surface area contributed by atoms with Gasteiger partial charge >= 0.3 is 12.1 Å². The zero-order valence-electron chi connectivity index (χ0n) is 20.2. The first-order chi connectivity index (χ1) is 16.9. The number of likely N-dealkylation sites (tertiary alicyclic amines) is 1. The lowest BCUT2D eigenvalue weighted by Gasteiger charge is -2.39. The molecule has 0 bridgehead atoms. The molecule has 7 nitrogen and oxygen atoms in total. The summed E-state index contributed by atoms with van der Waals surface area (Å²) in [5.74, 6) is -0.0175. The maximum atomic E-state index is 12.4. The Labute approximate surface area is 206 Å². The number of alkyl carbamates (subject to hydrolysis) is 1. The van der Waals surface area contributed by atoms with Gasteiger partial charge in [-0.2, -0.15) is 0 Å². The fourth-order valence-corrected chi connectivity index (χ4v) is 5.04. The summed E-state index contributed by atoms with van der Waals surface area (Å²) in [6.07, 6.45) is 2.44. The van der Waals surface area contributed by atoms with Gasteiger partial charge in [0.2, 0.25) is 5.91 Å². The molecule has 2 aliphatic rings. The molecule has 1 unspecified atom stereocenters. The molecule has 2 N–H and O–H groups in total. The molecule has 2 amide bonds. The van der Waals surface area contributed by atoms with Crippen LogP contribution in [0.25, 0.3) is 11.1 Å². The largest absolute Gasteiger partial charge is 0.481 e. The predicted molar refractivity (Wildman–Crippen MR) is 133 cm³/mol. The lowest BCUT2D eigenvalue weighted by molar-refractivity contribution is -0.139. The number of carbonyl (C=O) groups is 3. The molecule has 186 valence electrons. The van der Waals surface area contributed by atoms with Gasteiger partial charge in [0.15, 0.2) is 0 Å². The van der Waals surface area contributed by atoms with Crippen LogP contribution >= 0.6 is 0 Å². The number of benzene rings is 2. The fraction of sp³-hybridized carbons (Fsp3) is 0.464. The number of fused-ring (bicyclic) bond motifs is 3. The van der Waals surface area contributed by atoms with Gasteiger partial charge in [-0.15, -0.1) is 0 Å². The maximum absolute atomic E-state index is 12.4. The Morgan fingerprint density at radius 2 is 1.66 bits per heavy atom. The van der Waals surface area contributed by atoms with E-state index in [2.05, 4.69) is 29.6 Å². The van der Waals surface area contributed by atoms with Crippen LogP contribution in [-0.4, -0.2) is 54.2 Å². The molecule has 1 aliphatic carbocycles. The van der Waals surface area contributed by atoms with Crippen molar-refractivity contribution in [2.24, 2.45) is 11.8 Å². The number of hydrogen-bond donors (Lipinski definition) is 2. The number of nitrogens with zero attached hydrogens (tertiary/aromatic N) is 1. The topological polar surface area (TPSA) is 95.9 Å². The standard InChI is InChI=1S/C28H34N2O5/c1-19(13-14-26(31)30-16-20(17-30)7-6-12-27(32)33)15-29-28(34)35-18-25-23-10-4-2-8-21(23)22-9-3-5-11-24(22)25/h2-5,8-11,19-20,25H,6-7,12-18H2,1H3,(H,29,34)(H,32,33). The van der Waals surface area contributed by atoms with Crippen LogP contribution < -0.4 is 5.32 Å². The van der Waals surface area contributed by atoms with Gasteiger partial charge in [-0.3, -0.25) is 9.59 Å². The lowest BCUT2D eigenvalue weighted by atomic mass is 9.93. The zero-order chi connectivity index (χ0) is 24.8. The smallest absolute Gasteiger partial charge is 0.407 e. The van der Waals surface area contributed by atoms with Gasteiger partial charge in [-0.05, 0) is 53.4 Å². The van der Waals surface area contributed by atoms with E-state index in [1.807, 2.05) is 36.1 Å². The second-order valence-corrected chi connectivity index (χ2v) is 9.80. The summed E-state index contributed by atoms with van der Waals surface area (Å²) in [5, 5.41) is 11.5. The molecule has 0 spiro atoms. The van der Waals surface area contributed by atoms with Crippen molar-refractivity contribution < 1.29 is 24.2 Å². The van der Waals surface area contributed by atoms with E-state index in [1.54, 1.807) is 0 Å². The van der Waals surface area contributed by atoms with Gasteiger partial charge in [0.1, 0.15) is 6.61 Å². The normalized spacial score (nSPS) is 15.6. The molecule has 1 aliphatic heterocycles. The van der Waals surface area contributed by atoms with Gasteiger partial charge in [-0.25, -0.2) is 4.79 Å². The van der Waals surface area contributed by atoms with E-state index in [0.717, 1.165) is 19.5 Å². The summed E-state index contributed by atoms with van der Waals surface area (Å²) >= 11 is 0. The van der Waals surface area contributed by atoms with Crippen molar-refractivity contribution in [1.82, 2.24) is 10.2 Å². The maximum Gasteiger partial charge on any atom is 0.407 e. The first-order valence-electron chi connectivity index (χ1n) is 12.5. The third kappa shape index (κ3) is 6.21. The Hall–Kier alpha value is -3.35. The minimum atomic E-state index is -0.766. The highest BCUT2D eigenvalue weighted by Crippen LogP contribution is 2.44. The number of ether oxygens (including phenoxy) is 1. The van der Waals surface area contributed by atoms with Crippen LogP contribution in [0.4, 0.5) is 4.79 Å². The minimum Gasteiger partial charge on any atom is -0.481 e. The van der Waals surface area contributed by atoms with Crippen molar-refractivity contribution >= 4 is 18.0 Å². The Kier molecular flexibility index (Phi) is 8.06. The summed E-state index contributed by atoms with van der Waals surface area (Å²) in [6.45, 7) is 4.22. The Morgan fingerprint density at radius 3 is 2.29 bits per heavy atom. The van der Waals surface area contributed by atoms with E-state index in [9.17, 15) is 14.4 Å². The quantitative estimate of drug-likeness (QED) is 0.490. The summed E-state index contributed by atoms with van der Waals surface area (Å²) in [7, 11) is 0. The number of nitrogens with one attached hydrogen (secondary N) is 1. The van der Waals surface area contributed by atoms with Gasteiger partial charge in [0.25, 0.3) is 0 Å². The van der Waals surface area contributed by atoms with Gasteiger partial charge in [0.05, 0.1) is 0 Å². The van der Waals surface area contributed by atoms with E-state index in [1.165, 1.54) is 22.3 Å². The molecular weight excluding hydrogens is 444 g/mol. The van der Waals surface area contributed by atoms with Gasteiger partial charge in [0, 0.05) is 38.4 Å². The van der Waals surface area contributed by atoms with E-state index in [0.29, 0.717) is 31.7 Å². The van der Waals surface area contributed by atoms with Crippen LogP contribution in [0.5, 0.6) is 0 Å². The monoisotopic (exact) mass is 478 g/mol. The molecule has 1 atom stereocenters. The van der Waals surface area contributed by atoms with E-state index in [4.69, 9.17) is 9.84 Å². The molecule has 4 rings (SSSR count). The number of carboxylic acid groups (broad SMARTS) is 1. The van der Waals surface area contributed by atoms with Crippen molar-refractivity contribution in [3.8, 4) is 11.1 Å². The first-order valence-corrected chi connectivity index (χ1v) is 12.5. The number of rotatable bonds is 11. The second-order valence-electron chi connectivity index (χ2n) is 9.80. The number of carbonyl (C=O) groups excluding carboxylic acids is 2. The zero-order valence-corrected chi connectivity index (χ0v) is 20.2. The van der Waals surface area contributed by atoms with Crippen molar-refractivity contribution in [2.75, 3.05) is 26.2 Å². The second kappa shape index (κ2) is 11.4. The Balaban J connectivity index is 1.13. The number of carboxylic acids is 1. The average Bonchev–Trinajstić information content (AvgIpc) is 3.15. The molecule has 2 aromatic rings. The van der Waals surface area contributed by atoms with Crippen LogP contribution in [-0.2, 0) is 14.3 Å².